The van der Waals surface area contributed by atoms with Crippen molar-refractivity contribution in [3.63, 3.8) is 0 Å². The third-order valence-electron chi connectivity index (χ3n) is 4.25. The highest BCUT2D eigenvalue weighted by molar-refractivity contribution is 9.12. The van der Waals surface area contributed by atoms with Gasteiger partial charge in [0.05, 0.1) is 5.52 Å². The molecular formula is C20H16BrN11. The summed E-state index contributed by atoms with van der Waals surface area (Å²) in [5.41, 5.74) is 4.78. The summed E-state index contributed by atoms with van der Waals surface area (Å²) in [6.45, 7) is 0. The minimum absolute atomic E-state index is 0. The first kappa shape index (κ1) is 20.8. The zero-order valence-electron chi connectivity index (χ0n) is 16.3. The van der Waals surface area contributed by atoms with Crippen LogP contribution in [0.2, 0.25) is 0 Å². The van der Waals surface area contributed by atoms with Gasteiger partial charge < -0.3 is 0 Å². The van der Waals surface area contributed by atoms with Crippen LogP contribution in [0.3, 0.4) is 0 Å². The highest BCUT2D eigenvalue weighted by Gasteiger charge is 2.13. The summed E-state index contributed by atoms with van der Waals surface area (Å²) in [4.78, 5) is 2.82. The van der Waals surface area contributed by atoms with E-state index in [0.717, 1.165) is 33.1 Å². The number of nitrogens with zero attached hydrogens (tertiary/aromatic N) is 9. The summed E-state index contributed by atoms with van der Waals surface area (Å²) in [6, 6.07) is 22.6. The topological polar surface area (TPSA) is 151 Å². The van der Waals surface area contributed by atoms with E-state index in [1.165, 1.54) is 9.48 Å². The number of benzene rings is 3. The van der Waals surface area contributed by atoms with Gasteiger partial charge in [0, 0.05) is 17.4 Å². The highest BCUT2D eigenvalue weighted by atomic mass is 79.9. The van der Waals surface area contributed by atoms with E-state index >= 15 is 0 Å². The molecule has 2 N–H and O–H groups in total. The largest absolute Gasteiger partial charge is 0.264 e. The van der Waals surface area contributed by atoms with E-state index in [1.54, 1.807) is 4.98 Å². The van der Waals surface area contributed by atoms with E-state index in [0.29, 0.717) is 0 Å². The fraction of sp³-hybridized carbons (Fsp3) is 0. The Morgan fingerprint density at radius 1 is 0.844 bits per heavy atom. The lowest BCUT2D eigenvalue weighted by atomic mass is 10.3. The second-order valence-corrected chi connectivity index (χ2v) is 6.54. The molecule has 0 fully saturated rings. The molecule has 32 heavy (non-hydrogen) atoms. The maximum absolute atomic E-state index is 8.20. The van der Waals surface area contributed by atoms with Crippen LogP contribution >= 0.6 is 15.9 Å². The van der Waals surface area contributed by atoms with Gasteiger partial charge in [-0.2, -0.15) is 25.4 Å². The van der Waals surface area contributed by atoms with Gasteiger partial charge in [0.2, 0.25) is 0 Å². The van der Waals surface area contributed by atoms with Gasteiger partial charge in [-0.05, 0) is 36.4 Å². The van der Waals surface area contributed by atoms with Crippen molar-refractivity contribution in [1.29, 1.82) is 10.7 Å². The molecule has 3 heterocycles. The van der Waals surface area contributed by atoms with Gasteiger partial charge >= 0.3 is 0 Å². The number of nitriles is 1. The van der Waals surface area contributed by atoms with Gasteiger partial charge in [-0.1, -0.05) is 41.6 Å². The highest BCUT2D eigenvalue weighted by Crippen LogP contribution is 2.11. The van der Waals surface area contributed by atoms with E-state index in [9.17, 15) is 0 Å². The van der Waals surface area contributed by atoms with Crippen molar-refractivity contribution in [2.75, 3.05) is 0 Å². The van der Waals surface area contributed by atoms with Crippen LogP contribution in [0.15, 0.2) is 72.8 Å². The molecule has 6 aromatic rings. The number of hydrogen-bond donors (Lipinski definition) is 2. The summed E-state index contributed by atoms with van der Waals surface area (Å²) >= 11 is 2.45. The van der Waals surface area contributed by atoms with Crippen molar-refractivity contribution in [3.8, 4) is 4.98 Å². The van der Waals surface area contributed by atoms with Crippen molar-refractivity contribution in [1.82, 2.24) is 45.4 Å². The Morgan fingerprint density at radius 3 is 1.88 bits per heavy atom. The smallest absolute Gasteiger partial charge is 0.264 e. The molecule has 3 aromatic heterocycles. The summed E-state index contributed by atoms with van der Waals surface area (Å²) in [5, 5.41) is 42.3. The number of aromatic nitrogens is 9. The lowest BCUT2D eigenvalue weighted by Crippen LogP contribution is -2.23. The van der Waals surface area contributed by atoms with Crippen molar-refractivity contribution in [2.24, 2.45) is 0 Å². The molecular weight excluding hydrogens is 474 g/mol. The normalized spacial score (nSPS) is 10.1. The van der Waals surface area contributed by atoms with Crippen LogP contribution in [-0.4, -0.2) is 51.4 Å². The predicted octanol–water partition coefficient (Wildman–Crippen LogP) is 3.57. The summed E-state index contributed by atoms with van der Waals surface area (Å²) in [6.07, 6.45) is 0. The second kappa shape index (κ2) is 9.54. The number of aromatic amines is 1. The molecule has 0 spiro atoms. The SMILES string of the molecule is N#CBr.N=C(n1nc2ccccc2n1)n1nnc2ccccc21.[HH].c1ccc2n[nH]nc2c1. The van der Waals surface area contributed by atoms with Crippen molar-refractivity contribution in [2.45, 2.75) is 0 Å². The van der Waals surface area contributed by atoms with Crippen LogP contribution in [0.25, 0.3) is 33.1 Å². The molecule has 0 radical (unpaired) electrons. The summed E-state index contributed by atoms with van der Waals surface area (Å²) in [7, 11) is 0. The monoisotopic (exact) mass is 489 g/mol. The molecule has 0 aliphatic rings. The van der Waals surface area contributed by atoms with Gasteiger partial charge in [0.1, 0.15) is 32.6 Å². The number of hydrogen-bond acceptors (Lipinski definition) is 8. The molecule has 0 saturated heterocycles. The first-order valence-corrected chi connectivity index (χ1v) is 9.97. The molecule has 12 heteroatoms. The van der Waals surface area contributed by atoms with E-state index in [2.05, 4.69) is 51.9 Å². The molecule has 3 aromatic carbocycles. The van der Waals surface area contributed by atoms with Gasteiger partial charge in [-0.3, -0.25) is 5.41 Å². The number of nitrogens with one attached hydrogen (secondary N) is 2. The number of H-pyrrole nitrogens is 1. The second-order valence-electron chi connectivity index (χ2n) is 6.19. The summed E-state index contributed by atoms with van der Waals surface area (Å²) in [5.74, 6) is 0.0369. The molecule has 0 unspecified atom stereocenters. The number of fused-ring (bicyclic) bond motifs is 3. The van der Waals surface area contributed by atoms with E-state index in [4.69, 9.17) is 10.7 Å². The third kappa shape index (κ3) is 4.32. The number of rotatable bonds is 0. The average Bonchev–Trinajstić information content (AvgIpc) is 3.57. The molecule has 0 aliphatic heterocycles. The minimum Gasteiger partial charge on any atom is -0.264 e. The van der Waals surface area contributed by atoms with E-state index < -0.39 is 0 Å². The quantitative estimate of drug-likeness (QED) is 0.244. The fourth-order valence-corrected chi connectivity index (χ4v) is 2.85. The first-order chi connectivity index (χ1) is 15.7. The fourth-order valence-electron chi connectivity index (χ4n) is 2.85. The van der Waals surface area contributed by atoms with E-state index in [1.807, 2.05) is 72.8 Å². The lowest BCUT2D eigenvalue weighted by Gasteiger charge is -2.01. The van der Waals surface area contributed by atoms with Crippen LogP contribution < -0.4 is 0 Å². The summed E-state index contributed by atoms with van der Waals surface area (Å²) < 4.78 is 1.41. The van der Waals surface area contributed by atoms with Crippen LogP contribution in [-0.2, 0) is 0 Å². The Balaban J connectivity index is 0.000000197. The zero-order chi connectivity index (χ0) is 22.3. The molecule has 11 nitrogen and oxygen atoms in total. The van der Waals surface area contributed by atoms with Crippen molar-refractivity contribution in [3.05, 3.63) is 72.8 Å². The van der Waals surface area contributed by atoms with Gasteiger partial charge in [-0.15, -0.1) is 20.1 Å². The minimum atomic E-state index is 0. The Kier molecular flexibility index (Phi) is 6.19. The molecule has 0 bridgehead atoms. The molecule has 158 valence electrons. The molecule has 0 amide bonds. The first-order valence-electron chi connectivity index (χ1n) is 9.18. The van der Waals surface area contributed by atoms with Gasteiger partial charge in [0.15, 0.2) is 0 Å². The Bertz CT molecular complexity index is 1480. The number of halogens is 1. The Morgan fingerprint density at radius 2 is 1.31 bits per heavy atom. The standard InChI is InChI=1S/C13H9N7.C6H5N3.CBrN.H2/c14-13(19-12-8-4-3-7-11(12)15-18-19)20-16-9-5-1-2-6-10(9)17-20;1-2-4-6-5(3-1)7-9-8-6;2-1-3;/h1-8,14H;1-4H,(H,7,8,9);;1H. The van der Waals surface area contributed by atoms with Crippen LogP contribution in [0.1, 0.15) is 1.43 Å². The maximum atomic E-state index is 8.20. The molecule has 0 atom stereocenters. The van der Waals surface area contributed by atoms with Gasteiger partial charge in [0.25, 0.3) is 5.96 Å². The Hall–Kier alpha value is -4.50. The zero-order valence-corrected chi connectivity index (χ0v) is 17.9. The van der Waals surface area contributed by atoms with Crippen LogP contribution in [0.4, 0.5) is 0 Å². The van der Waals surface area contributed by atoms with E-state index in [-0.39, 0.29) is 7.39 Å². The number of para-hydroxylation sites is 3. The maximum Gasteiger partial charge on any atom is 0.264 e. The van der Waals surface area contributed by atoms with Crippen LogP contribution in [0, 0.1) is 15.6 Å². The predicted molar refractivity (Wildman–Crippen MR) is 124 cm³/mol. The molecule has 0 aliphatic carbocycles. The van der Waals surface area contributed by atoms with Gasteiger partial charge in [-0.25, -0.2) is 0 Å². The van der Waals surface area contributed by atoms with Crippen molar-refractivity contribution < 1.29 is 1.43 Å². The Labute approximate surface area is 190 Å². The van der Waals surface area contributed by atoms with Crippen molar-refractivity contribution >= 4 is 55.0 Å². The molecule has 0 saturated carbocycles. The van der Waals surface area contributed by atoms with Crippen LogP contribution in [0.5, 0.6) is 0 Å². The average molecular weight is 490 g/mol. The third-order valence-corrected chi connectivity index (χ3v) is 4.25. The lowest BCUT2D eigenvalue weighted by molar-refractivity contribution is 0.728. The molecule has 6 rings (SSSR count).